The SMILES string of the molecule is c1ccc(-c2ccc(N(c3ccc(-c4cccc5oc6cc7sc(-c8ccccc8)nc7cc6c45)cc3)c3ccc(-c4cccc5ccccc45)c(-c4ccccc4)c3)cc2)cc1. The van der Waals surface area contributed by atoms with Crippen LogP contribution in [0, 0.1) is 0 Å². The van der Waals surface area contributed by atoms with E-state index in [2.05, 4.69) is 229 Å². The lowest BCUT2D eigenvalue weighted by molar-refractivity contribution is 0.669. The average Bonchev–Trinajstić information content (AvgIpc) is 3.95. The van der Waals surface area contributed by atoms with Crippen molar-refractivity contribution < 1.29 is 4.42 Å². The van der Waals surface area contributed by atoms with E-state index < -0.39 is 0 Å². The van der Waals surface area contributed by atoms with Gasteiger partial charge in [0.2, 0.25) is 0 Å². The van der Waals surface area contributed by atoms with Crippen molar-refractivity contribution in [2.45, 2.75) is 0 Å². The second-order valence-electron chi connectivity index (χ2n) is 15.9. The Kier molecular flexibility index (Phi) is 9.02. The van der Waals surface area contributed by atoms with Gasteiger partial charge in [-0.3, -0.25) is 0 Å². The third-order valence-corrected chi connectivity index (χ3v) is 13.2. The minimum absolute atomic E-state index is 0.868. The van der Waals surface area contributed by atoms with Crippen LogP contribution in [-0.2, 0) is 0 Å². The summed E-state index contributed by atoms with van der Waals surface area (Å²) in [6.45, 7) is 0. The smallest absolute Gasteiger partial charge is 0.137 e. The summed E-state index contributed by atoms with van der Waals surface area (Å²) in [6.07, 6.45) is 0. The predicted octanol–water partition coefficient (Wildman–Crippen LogP) is 17.2. The molecule has 4 heteroatoms. The zero-order chi connectivity index (χ0) is 41.7. The summed E-state index contributed by atoms with van der Waals surface area (Å²) in [7, 11) is 0. The molecule has 0 atom stereocenters. The molecule has 3 nitrogen and oxygen atoms in total. The van der Waals surface area contributed by atoms with Crippen LogP contribution in [0.3, 0.4) is 0 Å². The largest absolute Gasteiger partial charge is 0.456 e. The van der Waals surface area contributed by atoms with Gasteiger partial charge in [0.15, 0.2) is 0 Å². The number of thiazole rings is 1. The topological polar surface area (TPSA) is 29.3 Å². The molecule has 0 aliphatic heterocycles. The molecule has 0 aliphatic rings. The van der Waals surface area contributed by atoms with Gasteiger partial charge in [-0.25, -0.2) is 4.98 Å². The molecule has 296 valence electrons. The highest BCUT2D eigenvalue weighted by Gasteiger charge is 2.20. The van der Waals surface area contributed by atoms with Crippen LogP contribution in [0.4, 0.5) is 17.1 Å². The second kappa shape index (κ2) is 15.4. The minimum atomic E-state index is 0.868. The molecule has 0 amide bonds. The van der Waals surface area contributed by atoms with Crippen LogP contribution in [-0.4, -0.2) is 4.98 Å². The van der Waals surface area contributed by atoms with Crippen molar-refractivity contribution in [1.29, 1.82) is 0 Å². The van der Waals surface area contributed by atoms with Crippen molar-refractivity contribution in [2.24, 2.45) is 0 Å². The summed E-state index contributed by atoms with van der Waals surface area (Å²) in [4.78, 5) is 7.44. The second-order valence-corrected chi connectivity index (χ2v) is 16.9. The Hall–Kier alpha value is -8.05. The number of fused-ring (bicyclic) bond motifs is 5. The van der Waals surface area contributed by atoms with Gasteiger partial charge in [-0.1, -0.05) is 176 Å². The normalized spacial score (nSPS) is 11.5. The number of hydrogen-bond acceptors (Lipinski definition) is 4. The Morgan fingerprint density at radius 3 is 1.68 bits per heavy atom. The molecular formula is C59H38N2OS. The highest BCUT2D eigenvalue weighted by molar-refractivity contribution is 7.21. The molecule has 0 aliphatic carbocycles. The van der Waals surface area contributed by atoms with Gasteiger partial charge in [-0.2, -0.15) is 0 Å². The van der Waals surface area contributed by atoms with Gasteiger partial charge in [-0.15, -0.1) is 11.3 Å². The van der Waals surface area contributed by atoms with E-state index in [1.165, 1.54) is 44.2 Å². The van der Waals surface area contributed by atoms with Crippen LogP contribution in [0.1, 0.15) is 0 Å². The summed E-state index contributed by atoms with van der Waals surface area (Å²) < 4.78 is 7.66. The molecule has 63 heavy (non-hydrogen) atoms. The maximum absolute atomic E-state index is 6.54. The Morgan fingerprint density at radius 1 is 0.365 bits per heavy atom. The predicted molar refractivity (Wildman–Crippen MR) is 266 cm³/mol. The van der Waals surface area contributed by atoms with Crippen LogP contribution < -0.4 is 4.90 Å². The quantitative estimate of drug-likeness (QED) is 0.153. The first-order chi connectivity index (χ1) is 31.2. The lowest BCUT2D eigenvalue weighted by Gasteiger charge is -2.27. The van der Waals surface area contributed by atoms with Crippen molar-refractivity contribution >= 4 is 71.3 Å². The Bertz CT molecular complexity index is 3590. The first kappa shape index (κ1) is 36.8. The van der Waals surface area contributed by atoms with Crippen LogP contribution in [0.5, 0.6) is 0 Å². The van der Waals surface area contributed by atoms with E-state index in [0.29, 0.717) is 0 Å². The molecule has 2 heterocycles. The van der Waals surface area contributed by atoms with Crippen molar-refractivity contribution in [2.75, 3.05) is 4.90 Å². The molecular weight excluding hydrogens is 785 g/mol. The van der Waals surface area contributed by atoms with Gasteiger partial charge < -0.3 is 9.32 Å². The summed E-state index contributed by atoms with van der Waals surface area (Å²) in [6, 6.07) is 82.5. The van der Waals surface area contributed by atoms with E-state index in [1.807, 2.05) is 6.07 Å². The van der Waals surface area contributed by atoms with Crippen LogP contribution in [0.2, 0.25) is 0 Å². The molecule has 0 bridgehead atoms. The van der Waals surface area contributed by atoms with Crippen molar-refractivity contribution in [3.05, 3.63) is 231 Å². The van der Waals surface area contributed by atoms with Gasteiger partial charge in [-0.05, 0) is 104 Å². The van der Waals surface area contributed by atoms with Crippen molar-refractivity contribution in [3.8, 4) is 55.1 Å². The Labute approximate surface area is 369 Å². The first-order valence-electron chi connectivity index (χ1n) is 21.3. The fraction of sp³-hybridized carbons (Fsp3) is 0. The standard InChI is InChI=1S/C59H38N2OS/c1-4-14-39(15-5-1)40-26-30-45(31-27-40)61(47-34-35-51(52(36-47)42-16-6-2-7-17-42)50-24-12-21-41-18-10-11-22-48(41)50)46-32-28-43(29-33-46)49-23-13-25-55-58(49)53-37-54-57(38-56(53)62-55)63-59(60-54)44-19-8-3-9-20-44/h1-38H. The molecule has 0 saturated carbocycles. The van der Waals surface area contributed by atoms with Crippen LogP contribution in [0.15, 0.2) is 235 Å². The maximum atomic E-state index is 6.54. The molecule has 0 unspecified atom stereocenters. The van der Waals surface area contributed by atoms with E-state index >= 15 is 0 Å². The van der Waals surface area contributed by atoms with Gasteiger partial charge in [0.25, 0.3) is 0 Å². The first-order valence-corrected chi connectivity index (χ1v) is 22.1. The van der Waals surface area contributed by atoms with E-state index in [4.69, 9.17) is 9.40 Å². The number of aromatic nitrogens is 1. The molecule has 2 aromatic heterocycles. The zero-order valence-electron chi connectivity index (χ0n) is 34.2. The number of anilines is 3. The molecule has 0 radical (unpaired) electrons. The number of nitrogens with zero attached hydrogens (tertiary/aromatic N) is 2. The van der Waals surface area contributed by atoms with Gasteiger partial charge in [0.05, 0.1) is 10.2 Å². The molecule has 12 rings (SSSR count). The molecule has 10 aromatic carbocycles. The molecule has 0 fully saturated rings. The maximum Gasteiger partial charge on any atom is 0.137 e. The summed E-state index contributed by atoms with van der Waals surface area (Å²) in [5.41, 5.74) is 16.4. The Balaban J connectivity index is 0.989. The van der Waals surface area contributed by atoms with Crippen molar-refractivity contribution in [1.82, 2.24) is 4.98 Å². The van der Waals surface area contributed by atoms with E-state index in [0.717, 1.165) is 70.9 Å². The summed E-state index contributed by atoms with van der Waals surface area (Å²) >= 11 is 1.70. The summed E-state index contributed by atoms with van der Waals surface area (Å²) in [5.74, 6) is 0. The van der Waals surface area contributed by atoms with Crippen LogP contribution >= 0.6 is 11.3 Å². The summed E-state index contributed by atoms with van der Waals surface area (Å²) in [5, 5.41) is 5.65. The zero-order valence-corrected chi connectivity index (χ0v) is 35.0. The van der Waals surface area contributed by atoms with Gasteiger partial charge >= 0.3 is 0 Å². The Morgan fingerprint density at radius 2 is 0.937 bits per heavy atom. The third-order valence-electron chi connectivity index (χ3n) is 12.1. The fourth-order valence-electron chi connectivity index (χ4n) is 9.09. The number of benzene rings is 10. The minimum Gasteiger partial charge on any atom is -0.456 e. The molecule has 0 N–H and O–H groups in total. The highest BCUT2D eigenvalue weighted by Crippen LogP contribution is 2.45. The van der Waals surface area contributed by atoms with E-state index in [-0.39, 0.29) is 0 Å². The number of rotatable bonds is 8. The fourth-order valence-corrected chi connectivity index (χ4v) is 10.1. The highest BCUT2D eigenvalue weighted by atomic mass is 32.1. The van der Waals surface area contributed by atoms with Crippen LogP contribution in [0.25, 0.3) is 98.0 Å². The van der Waals surface area contributed by atoms with E-state index in [1.54, 1.807) is 11.3 Å². The number of hydrogen-bond donors (Lipinski definition) is 0. The van der Waals surface area contributed by atoms with Gasteiger partial charge in [0, 0.05) is 39.5 Å². The monoisotopic (exact) mass is 822 g/mol. The van der Waals surface area contributed by atoms with E-state index in [9.17, 15) is 0 Å². The molecule has 12 aromatic rings. The lowest BCUT2D eigenvalue weighted by Crippen LogP contribution is -2.10. The van der Waals surface area contributed by atoms with Crippen molar-refractivity contribution in [3.63, 3.8) is 0 Å². The van der Waals surface area contributed by atoms with Gasteiger partial charge in [0.1, 0.15) is 16.2 Å². The molecule has 0 spiro atoms. The number of furan rings is 1. The third kappa shape index (κ3) is 6.65. The average molecular weight is 823 g/mol. The lowest BCUT2D eigenvalue weighted by atomic mass is 9.90. The molecule has 0 saturated heterocycles.